The number of pyridine rings is 1. The number of imidazole rings is 1. The topological polar surface area (TPSA) is 35.9 Å². The average Bonchev–Trinajstić information content (AvgIpc) is 1.06. The van der Waals surface area contributed by atoms with E-state index in [1.54, 1.807) is 30.3 Å². The summed E-state index contributed by atoms with van der Waals surface area (Å²) in [6, 6.07) is -22.0. The van der Waals surface area contributed by atoms with E-state index in [1.807, 2.05) is 0 Å². The zero-order chi connectivity index (χ0) is 104. The largest absolute Gasteiger partial charge is 0.458 e. The number of benzene rings is 13. The summed E-state index contributed by atoms with van der Waals surface area (Å²) in [4.78, 5) is 4.67. The Morgan fingerprint density at radius 2 is 0.926 bits per heavy atom. The Hall–Kier alpha value is -11.5. The lowest BCUT2D eigenvalue weighted by molar-refractivity contribution is -0.570. The summed E-state index contributed by atoms with van der Waals surface area (Å²) in [5.41, 5.74) is -6.88. The molecule has 3 heterocycles. The van der Waals surface area contributed by atoms with Gasteiger partial charge in [-0.25, -0.2) is 4.98 Å². The van der Waals surface area contributed by atoms with E-state index in [2.05, 4.69) is 11.3 Å². The second-order valence-electron chi connectivity index (χ2n) is 21.3. The van der Waals surface area contributed by atoms with Crippen molar-refractivity contribution in [2.45, 2.75) is 27.4 Å². The molecule has 0 atom stereocenters. The molecular weight excluding hydrogens is 1190 g/mol. The zero-order valence-corrected chi connectivity index (χ0v) is 50.8. The summed E-state index contributed by atoms with van der Waals surface area (Å²) in [5, 5.41) is -10.3. The quantitative estimate of drug-likeness (QED) is 0.0444. The van der Waals surface area contributed by atoms with E-state index in [-0.39, 0.29) is 39.6 Å². The summed E-state index contributed by atoms with van der Waals surface area (Å²) < 4.78 is 461. The van der Waals surface area contributed by atoms with Crippen molar-refractivity contribution in [3.8, 4) is 50.9 Å². The third-order valence-corrected chi connectivity index (χ3v) is 24.6. The van der Waals surface area contributed by atoms with Crippen molar-refractivity contribution >= 4 is 90.5 Å². The summed E-state index contributed by atoms with van der Waals surface area (Å²) in [5.74, 6) is -0.370. The molecule has 0 aliphatic heterocycles. The molecule has 0 saturated carbocycles. The number of nitrogens with zero attached hydrogens (tertiary/aromatic N) is 4. The van der Waals surface area contributed by atoms with Crippen molar-refractivity contribution in [3.63, 3.8) is 0 Å². The summed E-state index contributed by atoms with van der Waals surface area (Å²) in [6.45, 7) is -13.6. The Bertz CT molecular complexity index is 7410. The first-order valence-electron chi connectivity index (χ1n) is 52.3. The van der Waals surface area contributed by atoms with Crippen molar-refractivity contribution in [3.05, 3.63) is 368 Å². The monoisotopic (exact) mass is 1300 g/mol. The Morgan fingerprint density at radius 1 is 0.421 bits per heavy atom. The number of rotatable bonds is 15. The summed E-state index contributed by atoms with van der Waals surface area (Å²) >= 11 is 0. The van der Waals surface area contributed by atoms with Crippen LogP contribution in [-0.2, 0) is 0 Å². The highest BCUT2D eigenvalue weighted by molar-refractivity contribution is 7.22. The second-order valence-corrected chi connectivity index (χ2v) is 28.4. The van der Waals surface area contributed by atoms with E-state index < -0.39 is 347 Å². The maximum atomic E-state index is 10.5. The van der Waals surface area contributed by atoms with Gasteiger partial charge in [-0.2, -0.15) is 0 Å². The molecule has 0 bridgehead atoms. The van der Waals surface area contributed by atoms with Crippen LogP contribution in [0, 0.1) is 33.7 Å². The molecule has 16 rings (SSSR count). The molecule has 7 heteroatoms. The minimum Gasteiger partial charge on any atom is -0.458 e. The lowest BCUT2D eigenvalue weighted by Gasteiger charge is -2.41. The Balaban J connectivity index is 1.18. The van der Waals surface area contributed by atoms with Crippen LogP contribution in [0.2, 0.25) is 0 Å². The van der Waals surface area contributed by atoms with E-state index in [1.165, 1.54) is 41.0 Å². The van der Waals surface area contributed by atoms with Crippen LogP contribution < -0.4 is 50.8 Å². The van der Waals surface area contributed by atoms with Crippen LogP contribution >= 0.6 is 0 Å². The highest BCUT2D eigenvalue weighted by Crippen LogP contribution is 2.38. The van der Waals surface area contributed by atoms with E-state index in [9.17, 15) is 45.2 Å². The molecule has 0 N–H and O–H groups in total. The molecule has 0 spiro atoms. The Labute approximate surface area is 623 Å². The van der Waals surface area contributed by atoms with Gasteiger partial charge < -0.3 is 4.74 Å². The van der Waals surface area contributed by atoms with Gasteiger partial charge in [-0.05, 0) is 151 Å². The fourth-order valence-corrected chi connectivity index (χ4v) is 20.5. The molecule has 0 amide bonds. The van der Waals surface area contributed by atoms with E-state index >= 15 is 0 Å². The van der Waals surface area contributed by atoms with Crippen molar-refractivity contribution in [1.29, 1.82) is 0 Å². The molecule has 95 heavy (non-hydrogen) atoms. The van der Waals surface area contributed by atoms with Gasteiger partial charge >= 0.3 is 0 Å². The summed E-state index contributed by atoms with van der Waals surface area (Å²) in [6.07, 6.45) is 4.18. The molecular formula is C88H68N4OSi2. The smallest absolute Gasteiger partial charge is 0.269 e. The number of hydrogen-bond acceptors (Lipinski definition) is 2. The van der Waals surface area contributed by atoms with Gasteiger partial charge in [-0.15, -0.1) is 0 Å². The lowest BCUT2D eigenvalue weighted by atomic mass is 9.95. The maximum absolute atomic E-state index is 10.5. The van der Waals surface area contributed by atoms with Gasteiger partial charge in [0, 0.05) is 45.0 Å². The van der Waals surface area contributed by atoms with Crippen LogP contribution in [0.25, 0.3) is 72.3 Å². The third kappa shape index (κ3) is 10.1. The number of aromatic nitrogens is 4. The predicted molar refractivity (Wildman–Crippen MR) is 399 cm³/mol. The van der Waals surface area contributed by atoms with Crippen LogP contribution in [0.3, 0.4) is 0 Å². The molecule has 0 fully saturated rings. The zero-order valence-electron chi connectivity index (χ0n) is 95.8. The van der Waals surface area contributed by atoms with Crippen LogP contribution in [-0.4, -0.2) is 30.3 Å². The molecule has 0 radical (unpaired) electrons. The van der Waals surface area contributed by atoms with Crippen molar-refractivity contribution < 1.29 is 73.7 Å². The highest BCUT2D eigenvalue weighted by Gasteiger charge is 2.49. The Kier molecular flexibility index (Phi) is 6.93. The lowest BCUT2D eigenvalue weighted by Crippen LogP contribution is -2.80. The van der Waals surface area contributed by atoms with Gasteiger partial charge in [-0.3, -0.25) is 13.7 Å². The van der Waals surface area contributed by atoms with Crippen LogP contribution in [0.15, 0.2) is 339 Å². The van der Waals surface area contributed by atoms with E-state index in [0.717, 1.165) is 57.8 Å². The van der Waals surface area contributed by atoms with Crippen LogP contribution in [0.5, 0.6) is 11.5 Å². The fraction of sp³-hybridized carbons (Fsp3) is 0.0455. The van der Waals surface area contributed by atoms with Crippen LogP contribution in [0.1, 0.15) is 86.7 Å². The fourth-order valence-electron chi connectivity index (χ4n) is 12.3. The normalized spacial score (nSPS) is 19.3. The molecule has 0 unspecified atom stereocenters. The van der Waals surface area contributed by atoms with Crippen LogP contribution in [0.4, 0.5) is 0 Å². The van der Waals surface area contributed by atoms with Gasteiger partial charge in [0.2, 0.25) is 0 Å². The average molecular weight is 1300 g/mol. The predicted octanol–water partition coefficient (Wildman–Crippen LogP) is 15.3. The number of para-hydroxylation sites is 1. The van der Waals surface area contributed by atoms with Gasteiger partial charge in [-0.1, -0.05) is 284 Å². The molecule has 0 aliphatic carbocycles. The van der Waals surface area contributed by atoms with E-state index in [0.29, 0.717) is 28.4 Å². The molecule has 3 aromatic heterocycles. The first-order valence-corrected chi connectivity index (χ1v) is 32.8. The third-order valence-electron chi connectivity index (χ3n) is 16.2. The van der Waals surface area contributed by atoms with Gasteiger partial charge in [0.05, 0.1) is 81.4 Å². The minimum atomic E-state index is -7.35. The number of aryl methyl sites for hydroxylation is 4. The minimum absolute atomic E-state index is 0.0650. The first kappa shape index (κ1) is 26.9. The van der Waals surface area contributed by atoms with Crippen molar-refractivity contribution in [2.24, 2.45) is 0 Å². The molecule has 16 aromatic rings. The SMILES string of the molecule is [2H]c1c([2H])c([2H])c(-c2cnc(-n3c4ccccc4c4ccc(Oc5cccc(-n6[c-][n+](-c7c([Si](c8c([2H])c([2H])c([2H])c([2H])c8[2H])(c8c([2H])c([2H])c([2H])c([2H])c8[2H])c8c([2H])c([2H])c([2H])c([2H])c8[2H])cc(C([2H])([2H])[2H])cc7[Si](c7c([2H])c([2H])c([2H])c([2H])c7[2H])(c7c([2H])c([2H])c([2H])c([2H])c7[2H])c7c([2H])c([2H])c([2H])c([2H])c7[2H])c7ccc(-c8c(C([2H])([2H])[2H])cccc8C([2H])([2H])[2H])cc76)c5)cc43)cc2C([2H])([2H])[2H])c([2H])c1[2H]. The highest BCUT2D eigenvalue weighted by atomic mass is 28.3. The summed E-state index contributed by atoms with van der Waals surface area (Å²) in [7, 11) is -14.7. The maximum Gasteiger partial charge on any atom is 0.269 e. The van der Waals surface area contributed by atoms with E-state index in [4.69, 9.17) is 23.9 Å². The molecule has 0 aliphatic rings. The van der Waals surface area contributed by atoms with Gasteiger partial charge in [0.1, 0.15) is 17.3 Å². The molecule has 13 aromatic carbocycles. The Morgan fingerprint density at radius 3 is 1.46 bits per heavy atom. The molecule has 0 saturated heterocycles. The first-order chi connectivity index (χ1) is 66.1. The number of fused-ring (bicyclic) bond motifs is 4. The van der Waals surface area contributed by atoms with Gasteiger partial charge in [0.15, 0.2) is 16.1 Å². The van der Waals surface area contributed by atoms with Gasteiger partial charge in [0.25, 0.3) is 6.33 Å². The van der Waals surface area contributed by atoms with Crippen molar-refractivity contribution in [1.82, 2.24) is 14.1 Å². The standard InChI is InChI=1S/C88H68N4OSi2/c1-62-54-84(94(71-36-14-6-15-37-71,72-38-16-7-17-39-72)73-40-18-8-19-41-73)88(85(55-62)95(74-42-20-9-21-43-74,75-44-22-10-23-45-75)76-46-24-11-25-47-76)91-61-90(83-57-67(50-53-81(83)91)87-63(2)30-28-31-64(87)3)68-34-29-35-69(58-68)93-70-51-52-78-77-48-26-27-49-80(77)92(82(78)59-70)86-56-65(4)79(60-89-86)66-32-12-5-13-33-66/h5-60H,1-4H3/i1D3,2D3,3D3,4D3,5D,6D,7D,8D,9D,10D,11D,12D,13D,14D,15D,16D,17D,18D,19D,20D,21D,22D,23D,24D,25D,32D,33D,36D,37D,38D,39D,40D,41D,42D,43D,44D,45D,46D,47D. The number of hydrogen-bond donors (Lipinski definition) is 0. The second kappa shape index (κ2) is 24.5. The van der Waals surface area contributed by atoms with Crippen molar-refractivity contribution in [2.75, 3.05) is 0 Å². The number of ether oxygens (including phenoxy) is 1. The molecule has 454 valence electrons. The molecule has 5 nitrogen and oxygen atoms in total.